The quantitative estimate of drug-likeness (QED) is 0.611. The van der Waals surface area contributed by atoms with Crippen molar-refractivity contribution in [3.05, 3.63) is 0 Å². The van der Waals surface area contributed by atoms with Crippen molar-refractivity contribution in [3.8, 4) is 0 Å². The molecule has 3 aliphatic heterocycles. The number of rotatable bonds is 5. The van der Waals surface area contributed by atoms with E-state index >= 15 is 0 Å². The van der Waals surface area contributed by atoms with E-state index in [1.807, 2.05) is 25.7 Å². The zero-order valence-electron chi connectivity index (χ0n) is 20.8. The smallest absolute Gasteiger partial charge is 0.228 e. The lowest BCUT2D eigenvalue weighted by atomic mass is 9.94. The number of carbonyl (C=O) groups is 3. The molecular formula is C24H47N3O4. The van der Waals surface area contributed by atoms with Gasteiger partial charge in [0.05, 0.1) is 18.6 Å². The highest BCUT2D eigenvalue weighted by Crippen LogP contribution is 2.17. The Hall–Kier alpha value is -1.31. The average molecular weight is 442 g/mol. The minimum Gasteiger partial charge on any atom is -0.375 e. The number of amides is 1. The van der Waals surface area contributed by atoms with Crippen LogP contribution in [0.1, 0.15) is 53.4 Å². The first-order chi connectivity index (χ1) is 14.7. The maximum Gasteiger partial charge on any atom is 0.228 e. The largest absolute Gasteiger partial charge is 0.375 e. The molecule has 31 heavy (non-hydrogen) atoms. The van der Waals surface area contributed by atoms with Gasteiger partial charge in [-0.25, -0.2) is 0 Å². The molecule has 0 spiro atoms. The second-order valence-corrected chi connectivity index (χ2v) is 9.36. The van der Waals surface area contributed by atoms with Crippen LogP contribution in [0, 0.1) is 17.8 Å². The van der Waals surface area contributed by atoms with Crippen LogP contribution in [-0.2, 0) is 19.1 Å². The molecule has 3 heterocycles. The van der Waals surface area contributed by atoms with Gasteiger partial charge in [0.2, 0.25) is 5.91 Å². The van der Waals surface area contributed by atoms with E-state index in [-0.39, 0.29) is 12.0 Å². The molecule has 0 radical (unpaired) electrons. The highest BCUT2D eigenvalue weighted by molar-refractivity contribution is 5.80. The van der Waals surface area contributed by atoms with E-state index in [0.717, 1.165) is 45.3 Å². The predicted molar refractivity (Wildman–Crippen MR) is 126 cm³/mol. The second-order valence-electron chi connectivity index (χ2n) is 9.36. The van der Waals surface area contributed by atoms with Gasteiger partial charge >= 0.3 is 0 Å². The number of likely N-dealkylation sites (tertiary alicyclic amines) is 2. The number of carbonyl (C=O) groups excluding carboxylic acids is 3. The van der Waals surface area contributed by atoms with Gasteiger partial charge in [0.1, 0.15) is 13.1 Å². The average Bonchev–Trinajstić information content (AvgIpc) is 3.22. The Morgan fingerprint density at radius 3 is 2.00 bits per heavy atom. The first kappa shape index (κ1) is 29.7. The van der Waals surface area contributed by atoms with E-state index in [2.05, 4.69) is 37.6 Å². The van der Waals surface area contributed by atoms with Crippen molar-refractivity contribution in [1.29, 1.82) is 0 Å². The first-order valence-electron chi connectivity index (χ1n) is 11.7. The molecule has 1 unspecified atom stereocenters. The summed E-state index contributed by atoms with van der Waals surface area (Å²) in [5, 5.41) is 0. The number of nitrogens with zero attached hydrogens (tertiary/aromatic N) is 3. The van der Waals surface area contributed by atoms with Crippen molar-refractivity contribution in [2.24, 2.45) is 17.8 Å². The summed E-state index contributed by atoms with van der Waals surface area (Å²) in [5.41, 5.74) is 0. The molecule has 3 saturated heterocycles. The lowest BCUT2D eigenvalue weighted by molar-refractivity contribution is -0.147. The van der Waals surface area contributed by atoms with Crippen LogP contribution in [-0.4, -0.2) is 99.8 Å². The van der Waals surface area contributed by atoms with E-state index in [1.54, 1.807) is 0 Å². The van der Waals surface area contributed by atoms with Crippen LogP contribution in [0.2, 0.25) is 0 Å². The summed E-state index contributed by atoms with van der Waals surface area (Å²) in [5.74, 6) is 1.96. The van der Waals surface area contributed by atoms with Gasteiger partial charge in [0.25, 0.3) is 0 Å². The van der Waals surface area contributed by atoms with Gasteiger partial charge in [-0.05, 0) is 65.2 Å². The Balaban J connectivity index is 0.000000456. The van der Waals surface area contributed by atoms with Crippen molar-refractivity contribution < 1.29 is 19.1 Å². The van der Waals surface area contributed by atoms with Crippen molar-refractivity contribution >= 4 is 19.0 Å². The predicted octanol–water partition coefficient (Wildman–Crippen LogP) is 2.58. The molecule has 7 heteroatoms. The SMILES string of the molecule is C=O.CC(C)[C@@H](C)CCC=O.CC1CN(C(=O)C2CN(C)C2)CCO1.CN1CCCC1. The van der Waals surface area contributed by atoms with Crippen LogP contribution < -0.4 is 0 Å². The minimum absolute atomic E-state index is 0.200. The van der Waals surface area contributed by atoms with Crippen LogP contribution in [0.5, 0.6) is 0 Å². The van der Waals surface area contributed by atoms with Crippen LogP contribution in [0.4, 0.5) is 0 Å². The number of morpholine rings is 1. The van der Waals surface area contributed by atoms with Gasteiger partial charge in [-0.1, -0.05) is 20.8 Å². The molecule has 0 bridgehead atoms. The Bertz CT molecular complexity index is 477. The summed E-state index contributed by atoms with van der Waals surface area (Å²) >= 11 is 0. The molecule has 0 aliphatic carbocycles. The third-order valence-corrected chi connectivity index (χ3v) is 6.17. The summed E-state index contributed by atoms with van der Waals surface area (Å²) < 4.78 is 5.41. The Kier molecular flexibility index (Phi) is 16.5. The van der Waals surface area contributed by atoms with E-state index in [4.69, 9.17) is 9.53 Å². The minimum atomic E-state index is 0.200. The Morgan fingerprint density at radius 1 is 1.03 bits per heavy atom. The Morgan fingerprint density at radius 2 is 1.61 bits per heavy atom. The van der Waals surface area contributed by atoms with Gasteiger partial charge in [-0.2, -0.15) is 0 Å². The molecule has 182 valence electrons. The lowest BCUT2D eigenvalue weighted by Crippen LogP contribution is -2.55. The molecule has 0 aromatic heterocycles. The number of ether oxygens (including phenoxy) is 1. The number of aldehydes is 1. The third kappa shape index (κ3) is 13.0. The number of hydrogen-bond donors (Lipinski definition) is 0. The maximum atomic E-state index is 11.9. The topological polar surface area (TPSA) is 70.2 Å². The third-order valence-electron chi connectivity index (χ3n) is 6.17. The van der Waals surface area contributed by atoms with Gasteiger partial charge < -0.3 is 29.0 Å². The summed E-state index contributed by atoms with van der Waals surface area (Å²) in [4.78, 5) is 36.3. The highest BCUT2D eigenvalue weighted by atomic mass is 16.5. The zero-order valence-corrected chi connectivity index (χ0v) is 20.8. The van der Waals surface area contributed by atoms with Crippen molar-refractivity contribution in [2.45, 2.75) is 59.5 Å². The first-order valence-corrected chi connectivity index (χ1v) is 11.7. The van der Waals surface area contributed by atoms with Crippen LogP contribution in [0.25, 0.3) is 0 Å². The second kappa shape index (κ2) is 17.3. The van der Waals surface area contributed by atoms with Gasteiger partial charge in [-0.15, -0.1) is 0 Å². The molecule has 0 saturated carbocycles. The van der Waals surface area contributed by atoms with Crippen molar-refractivity contribution in [3.63, 3.8) is 0 Å². The molecule has 0 N–H and O–H groups in total. The standard InChI is InChI=1S/C10H18N2O2.C8H16O.C5H11N.CH2O/c1-8-5-12(3-4-14-8)10(13)9-6-11(2)7-9;1-7(2)8(3)5-4-6-9;1-6-4-2-3-5-6;1-2/h8-9H,3-7H2,1-2H3;6-8H,4-5H2,1-3H3;2-5H2,1H3;1H2/t;8-;;/m.0../s1. The van der Waals surface area contributed by atoms with Gasteiger partial charge in [-0.3, -0.25) is 4.79 Å². The monoisotopic (exact) mass is 441 g/mol. The molecule has 3 fully saturated rings. The maximum absolute atomic E-state index is 11.9. The summed E-state index contributed by atoms with van der Waals surface area (Å²) in [6, 6.07) is 0. The van der Waals surface area contributed by atoms with Crippen molar-refractivity contribution in [1.82, 2.24) is 14.7 Å². The fourth-order valence-electron chi connectivity index (χ4n) is 3.67. The molecule has 1 amide bonds. The molecule has 7 nitrogen and oxygen atoms in total. The highest BCUT2D eigenvalue weighted by Gasteiger charge is 2.34. The van der Waals surface area contributed by atoms with Crippen LogP contribution in [0.15, 0.2) is 0 Å². The van der Waals surface area contributed by atoms with Crippen LogP contribution >= 0.6 is 0 Å². The van der Waals surface area contributed by atoms with E-state index in [0.29, 0.717) is 24.3 Å². The van der Waals surface area contributed by atoms with E-state index in [1.165, 1.54) is 25.9 Å². The van der Waals surface area contributed by atoms with E-state index in [9.17, 15) is 9.59 Å². The number of hydrogen-bond acceptors (Lipinski definition) is 6. The van der Waals surface area contributed by atoms with Gasteiger partial charge in [0.15, 0.2) is 0 Å². The van der Waals surface area contributed by atoms with Gasteiger partial charge in [0, 0.05) is 32.6 Å². The summed E-state index contributed by atoms with van der Waals surface area (Å²) in [6.07, 6.45) is 5.79. The fourth-order valence-corrected chi connectivity index (χ4v) is 3.67. The molecule has 0 aromatic rings. The van der Waals surface area contributed by atoms with Crippen molar-refractivity contribution in [2.75, 3.05) is 60.0 Å². The molecule has 2 atom stereocenters. The molecule has 3 aliphatic rings. The fraction of sp³-hybridized carbons (Fsp3) is 0.875. The normalized spacial score (nSPS) is 22.7. The van der Waals surface area contributed by atoms with Crippen LogP contribution in [0.3, 0.4) is 0 Å². The summed E-state index contributed by atoms with van der Waals surface area (Å²) in [6.45, 7) is 17.3. The zero-order chi connectivity index (χ0) is 23.8. The van der Waals surface area contributed by atoms with E-state index < -0.39 is 0 Å². The molecule has 0 aromatic carbocycles. The molecule has 3 rings (SSSR count). The lowest BCUT2D eigenvalue weighted by Gasteiger charge is -2.40. The molecular weight excluding hydrogens is 394 g/mol. The Labute approximate surface area is 190 Å². The summed E-state index contributed by atoms with van der Waals surface area (Å²) in [7, 11) is 4.22.